The summed E-state index contributed by atoms with van der Waals surface area (Å²) < 4.78 is 5.20. The zero-order valence-electron chi connectivity index (χ0n) is 13.4. The lowest BCUT2D eigenvalue weighted by Crippen LogP contribution is -2.37. The number of rotatable bonds is 9. The Bertz CT molecular complexity index is 467. The van der Waals surface area contributed by atoms with Crippen molar-refractivity contribution < 1.29 is 14.6 Å². The van der Waals surface area contributed by atoms with Crippen LogP contribution in [0.2, 0.25) is 5.02 Å². The van der Waals surface area contributed by atoms with Crippen LogP contribution in [-0.2, 0) is 10.5 Å². The largest absolute Gasteiger partial charge is 0.413 e. The summed E-state index contributed by atoms with van der Waals surface area (Å²) in [4.78, 5) is 11.9. The number of alkyl carbamates (subject to hydrolysis) is 1. The Kier molecular flexibility index (Phi) is 8.28. The van der Waals surface area contributed by atoms with Gasteiger partial charge in [-0.3, -0.25) is 0 Å². The molecule has 0 aromatic heterocycles. The molecule has 0 aliphatic heterocycles. The van der Waals surface area contributed by atoms with E-state index in [9.17, 15) is 9.90 Å². The van der Waals surface area contributed by atoms with Gasteiger partial charge in [-0.1, -0.05) is 69.3 Å². The number of carbonyl (C=O) groups is 1. The fraction of sp³-hybridized carbons (Fsp3) is 0.588. The molecule has 0 fully saturated rings. The van der Waals surface area contributed by atoms with E-state index in [2.05, 4.69) is 12.2 Å². The van der Waals surface area contributed by atoms with Crippen molar-refractivity contribution in [2.45, 2.75) is 58.2 Å². The minimum Gasteiger partial charge on any atom is -0.413 e. The van der Waals surface area contributed by atoms with Crippen molar-refractivity contribution >= 4 is 17.7 Å². The minimum absolute atomic E-state index is 0.223. The zero-order valence-corrected chi connectivity index (χ0v) is 14.2. The van der Waals surface area contributed by atoms with Crippen LogP contribution in [0.15, 0.2) is 24.3 Å². The van der Waals surface area contributed by atoms with Crippen LogP contribution in [0.3, 0.4) is 0 Å². The lowest BCUT2D eigenvalue weighted by Gasteiger charge is -2.27. The third-order valence-corrected chi connectivity index (χ3v) is 3.91. The van der Waals surface area contributed by atoms with E-state index in [1.165, 1.54) is 19.3 Å². The molecule has 1 aromatic rings. The number of hydrogen-bond donors (Lipinski definition) is 2. The van der Waals surface area contributed by atoms with E-state index < -0.39 is 11.9 Å². The van der Waals surface area contributed by atoms with E-state index in [4.69, 9.17) is 16.3 Å². The van der Waals surface area contributed by atoms with Crippen LogP contribution in [-0.4, -0.2) is 17.7 Å². The number of nitrogens with one attached hydrogen (secondary N) is 1. The summed E-state index contributed by atoms with van der Waals surface area (Å²) in [6.07, 6.45) is 5.16. The van der Waals surface area contributed by atoms with Crippen molar-refractivity contribution in [3.8, 4) is 0 Å². The Hall–Kier alpha value is -1.26. The highest BCUT2D eigenvalue weighted by Gasteiger charge is 2.33. The van der Waals surface area contributed by atoms with Gasteiger partial charge in [0, 0.05) is 18.5 Å². The first kappa shape index (κ1) is 18.8. The summed E-state index contributed by atoms with van der Waals surface area (Å²) in [5.41, 5.74) is 0.400. The van der Waals surface area contributed by atoms with Crippen LogP contribution in [0.1, 0.15) is 57.9 Å². The van der Waals surface area contributed by atoms with Gasteiger partial charge in [0.15, 0.2) is 0 Å². The molecular formula is C17H26ClNO3. The van der Waals surface area contributed by atoms with Crippen LogP contribution >= 0.6 is 11.6 Å². The zero-order chi connectivity index (χ0) is 16.4. The highest BCUT2D eigenvalue weighted by molar-refractivity contribution is 6.31. The van der Waals surface area contributed by atoms with Crippen molar-refractivity contribution in [1.29, 1.82) is 0 Å². The van der Waals surface area contributed by atoms with Gasteiger partial charge in [0.25, 0.3) is 0 Å². The van der Waals surface area contributed by atoms with Crippen LogP contribution in [0.4, 0.5) is 4.79 Å². The molecule has 0 saturated carbocycles. The van der Waals surface area contributed by atoms with E-state index in [0.717, 1.165) is 12.8 Å². The van der Waals surface area contributed by atoms with E-state index in [0.29, 0.717) is 17.1 Å². The smallest absolute Gasteiger partial charge is 0.409 e. The van der Waals surface area contributed by atoms with Crippen LogP contribution in [0, 0.1) is 0 Å². The Morgan fingerprint density at radius 1 is 1.23 bits per heavy atom. The Labute approximate surface area is 137 Å². The monoisotopic (exact) mass is 327 g/mol. The molecule has 4 nitrogen and oxygen atoms in total. The summed E-state index contributed by atoms with van der Waals surface area (Å²) in [5.74, 6) is -1.70. The Morgan fingerprint density at radius 2 is 1.91 bits per heavy atom. The number of aliphatic hydroxyl groups is 1. The second-order valence-electron chi connectivity index (χ2n) is 5.35. The van der Waals surface area contributed by atoms with Gasteiger partial charge in [-0.25, -0.2) is 4.79 Å². The van der Waals surface area contributed by atoms with Gasteiger partial charge in [-0.05, 0) is 12.5 Å². The Morgan fingerprint density at radius 3 is 2.55 bits per heavy atom. The quantitative estimate of drug-likeness (QED) is 0.515. The summed E-state index contributed by atoms with van der Waals surface area (Å²) in [5, 5.41) is 13.6. The van der Waals surface area contributed by atoms with Gasteiger partial charge >= 0.3 is 6.09 Å². The van der Waals surface area contributed by atoms with Gasteiger partial charge in [0.05, 0.1) is 5.02 Å². The molecule has 2 N–H and O–H groups in total. The lowest BCUT2D eigenvalue weighted by atomic mass is 10.0. The van der Waals surface area contributed by atoms with Crippen LogP contribution in [0.25, 0.3) is 0 Å². The van der Waals surface area contributed by atoms with E-state index in [-0.39, 0.29) is 6.42 Å². The summed E-state index contributed by atoms with van der Waals surface area (Å²) in [7, 11) is 0. The van der Waals surface area contributed by atoms with E-state index >= 15 is 0 Å². The summed E-state index contributed by atoms with van der Waals surface area (Å²) >= 11 is 6.07. The molecule has 0 radical (unpaired) electrons. The van der Waals surface area contributed by atoms with Crippen LogP contribution < -0.4 is 5.32 Å². The van der Waals surface area contributed by atoms with Gasteiger partial charge in [0.2, 0.25) is 5.79 Å². The third kappa shape index (κ3) is 5.85. The predicted molar refractivity (Wildman–Crippen MR) is 88.9 cm³/mol. The maximum absolute atomic E-state index is 11.9. The average Bonchev–Trinajstić information content (AvgIpc) is 2.51. The molecule has 1 atom stereocenters. The molecule has 124 valence electrons. The molecule has 0 spiro atoms. The summed E-state index contributed by atoms with van der Waals surface area (Å²) in [6, 6.07) is 6.82. The van der Waals surface area contributed by atoms with Gasteiger partial charge in [-0.15, -0.1) is 0 Å². The maximum Gasteiger partial charge on any atom is 0.409 e. The van der Waals surface area contributed by atoms with Gasteiger partial charge in [-0.2, -0.15) is 0 Å². The molecule has 1 aromatic carbocycles. The Balaban J connectivity index is 2.48. The second kappa shape index (κ2) is 9.70. The molecule has 5 heteroatoms. The first-order valence-corrected chi connectivity index (χ1v) is 8.35. The molecule has 1 amide bonds. The SMILES string of the molecule is CCCCCCCNC(=O)OC(O)(CC)c1ccccc1Cl. The molecule has 0 heterocycles. The van der Waals surface area contributed by atoms with E-state index in [1.54, 1.807) is 31.2 Å². The van der Waals surface area contributed by atoms with Gasteiger partial charge < -0.3 is 15.2 Å². The highest BCUT2D eigenvalue weighted by atomic mass is 35.5. The molecule has 1 unspecified atom stereocenters. The number of ether oxygens (including phenoxy) is 1. The van der Waals surface area contributed by atoms with Crippen molar-refractivity contribution in [2.75, 3.05) is 6.54 Å². The molecule has 22 heavy (non-hydrogen) atoms. The highest BCUT2D eigenvalue weighted by Crippen LogP contribution is 2.32. The molecule has 0 bridgehead atoms. The number of unbranched alkanes of at least 4 members (excludes halogenated alkanes) is 4. The molecule has 0 saturated heterocycles. The fourth-order valence-corrected chi connectivity index (χ4v) is 2.49. The van der Waals surface area contributed by atoms with Crippen molar-refractivity contribution in [3.05, 3.63) is 34.9 Å². The maximum atomic E-state index is 11.9. The van der Waals surface area contributed by atoms with Gasteiger partial charge in [0.1, 0.15) is 0 Å². The number of benzene rings is 1. The molecule has 0 aliphatic rings. The van der Waals surface area contributed by atoms with Crippen LogP contribution in [0.5, 0.6) is 0 Å². The second-order valence-corrected chi connectivity index (χ2v) is 5.76. The van der Waals surface area contributed by atoms with Crippen molar-refractivity contribution in [2.24, 2.45) is 0 Å². The first-order chi connectivity index (χ1) is 10.5. The average molecular weight is 328 g/mol. The molecule has 1 rings (SSSR count). The lowest BCUT2D eigenvalue weighted by molar-refractivity contribution is -0.171. The molecular weight excluding hydrogens is 302 g/mol. The normalized spacial score (nSPS) is 13.5. The fourth-order valence-electron chi connectivity index (χ4n) is 2.20. The number of carbonyl (C=O) groups excluding carboxylic acids is 1. The summed E-state index contributed by atoms with van der Waals surface area (Å²) in [6.45, 7) is 4.45. The first-order valence-electron chi connectivity index (χ1n) is 7.97. The predicted octanol–water partition coefficient (Wildman–Crippen LogP) is 4.59. The number of halogens is 1. The van der Waals surface area contributed by atoms with Crippen molar-refractivity contribution in [1.82, 2.24) is 5.32 Å². The number of amides is 1. The van der Waals surface area contributed by atoms with Crippen molar-refractivity contribution in [3.63, 3.8) is 0 Å². The molecule has 0 aliphatic carbocycles. The van der Waals surface area contributed by atoms with E-state index in [1.807, 2.05) is 0 Å². The minimum atomic E-state index is -1.70. The topological polar surface area (TPSA) is 58.6 Å². The third-order valence-electron chi connectivity index (χ3n) is 3.59. The standard InChI is InChI=1S/C17H26ClNO3/c1-3-5-6-7-10-13-19-16(20)22-17(21,4-2)14-11-8-9-12-15(14)18/h8-9,11-12,21H,3-7,10,13H2,1-2H3,(H,19,20). The number of hydrogen-bond acceptors (Lipinski definition) is 3.